The van der Waals surface area contributed by atoms with Crippen molar-refractivity contribution < 1.29 is 4.52 Å². The van der Waals surface area contributed by atoms with E-state index in [2.05, 4.69) is 37.8 Å². The molecular formula is C15H27N3O. The van der Waals surface area contributed by atoms with Crippen molar-refractivity contribution in [2.75, 3.05) is 0 Å². The maximum absolute atomic E-state index is 6.05. The van der Waals surface area contributed by atoms with Gasteiger partial charge in [0.15, 0.2) is 5.82 Å². The Morgan fingerprint density at radius 3 is 2.26 bits per heavy atom. The van der Waals surface area contributed by atoms with E-state index in [0.717, 1.165) is 17.7 Å². The normalized spacial score (nSPS) is 26.1. The van der Waals surface area contributed by atoms with Crippen molar-refractivity contribution in [1.82, 2.24) is 10.1 Å². The maximum Gasteiger partial charge on any atom is 0.243 e. The Bertz CT molecular complexity index is 392. The van der Waals surface area contributed by atoms with Crippen LogP contribution in [0.25, 0.3) is 0 Å². The molecule has 0 unspecified atom stereocenters. The third kappa shape index (κ3) is 3.35. The summed E-state index contributed by atoms with van der Waals surface area (Å²) in [5.74, 6) is 3.90. The minimum absolute atomic E-state index is 0.145. The Labute approximate surface area is 116 Å². The van der Waals surface area contributed by atoms with E-state index >= 15 is 0 Å². The molecule has 19 heavy (non-hydrogen) atoms. The summed E-state index contributed by atoms with van der Waals surface area (Å²) in [7, 11) is 0. The summed E-state index contributed by atoms with van der Waals surface area (Å²) in [6, 6.07) is -0.145. The molecule has 0 spiro atoms. The molecule has 2 rings (SSSR count). The summed E-state index contributed by atoms with van der Waals surface area (Å²) in [4.78, 5) is 4.52. The van der Waals surface area contributed by atoms with Gasteiger partial charge in [-0.15, -0.1) is 0 Å². The Hall–Kier alpha value is -0.900. The Kier molecular flexibility index (Phi) is 4.61. The SMILES string of the molecule is CC(C)C1CCC(c2noc([C@@H](N)C(C)C)n2)CC1. The summed E-state index contributed by atoms with van der Waals surface area (Å²) in [6.45, 7) is 8.78. The number of rotatable bonds is 4. The van der Waals surface area contributed by atoms with Crippen LogP contribution in [0.2, 0.25) is 0 Å². The molecule has 1 aromatic rings. The fraction of sp³-hybridized carbons (Fsp3) is 0.867. The lowest BCUT2D eigenvalue weighted by molar-refractivity contribution is 0.251. The van der Waals surface area contributed by atoms with Crippen LogP contribution >= 0.6 is 0 Å². The maximum atomic E-state index is 6.05. The van der Waals surface area contributed by atoms with Crippen molar-refractivity contribution >= 4 is 0 Å². The van der Waals surface area contributed by atoms with E-state index in [0.29, 0.717) is 17.7 Å². The number of aromatic nitrogens is 2. The minimum atomic E-state index is -0.145. The molecule has 0 aromatic carbocycles. The van der Waals surface area contributed by atoms with E-state index in [1.165, 1.54) is 25.7 Å². The van der Waals surface area contributed by atoms with Crippen LogP contribution in [0.1, 0.15) is 77.1 Å². The second-order valence-corrected chi connectivity index (χ2v) is 6.62. The van der Waals surface area contributed by atoms with Crippen molar-refractivity contribution in [2.45, 2.75) is 65.3 Å². The van der Waals surface area contributed by atoms with Crippen molar-refractivity contribution in [3.63, 3.8) is 0 Å². The molecule has 0 saturated heterocycles. The molecule has 2 N–H and O–H groups in total. The lowest BCUT2D eigenvalue weighted by Gasteiger charge is -2.29. The molecule has 1 aliphatic rings. The topological polar surface area (TPSA) is 64.9 Å². The van der Waals surface area contributed by atoms with E-state index in [4.69, 9.17) is 10.3 Å². The van der Waals surface area contributed by atoms with Crippen molar-refractivity contribution in [3.05, 3.63) is 11.7 Å². The summed E-state index contributed by atoms with van der Waals surface area (Å²) in [5.41, 5.74) is 6.05. The quantitative estimate of drug-likeness (QED) is 0.902. The lowest BCUT2D eigenvalue weighted by Crippen LogP contribution is -2.19. The molecule has 1 aromatic heterocycles. The summed E-state index contributed by atoms with van der Waals surface area (Å²) >= 11 is 0. The third-order valence-corrected chi connectivity index (χ3v) is 4.54. The molecule has 1 atom stereocenters. The highest BCUT2D eigenvalue weighted by Crippen LogP contribution is 2.37. The molecule has 1 aliphatic carbocycles. The molecule has 1 heterocycles. The van der Waals surface area contributed by atoms with Gasteiger partial charge >= 0.3 is 0 Å². The summed E-state index contributed by atoms with van der Waals surface area (Å²) < 4.78 is 5.33. The molecule has 0 aliphatic heterocycles. The van der Waals surface area contributed by atoms with Gasteiger partial charge in [0.05, 0.1) is 6.04 Å². The van der Waals surface area contributed by atoms with Gasteiger partial charge in [0.25, 0.3) is 0 Å². The standard InChI is InChI=1S/C15H27N3O/c1-9(2)11-5-7-12(8-6-11)14-17-15(19-18-14)13(16)10(3)4/h9-13H,5-8,16H2,1-4H3/t11?,12?,13-/m0/s1. The Morgan fingerprint density at radius 1 is 1.11 bits per heavy atom. The molecular weight excluding hydrogens is 238 g/mol. The molecule has 0 bridgehead atoms. The van der Waals surface area contributed by atoms with Crippen LogP contribution in [0.3, 0.4) is 0 Å². The minimum Gasteiger partial charge on any atom is -0.338 e. The van der Waals surface area contributed by atoms with E-state index in [-0.39, 0.29) is 6.04 Å². The molecule has 4 nitrogen and oxygen atoms in total. The van der Waals surface area contributed by atoms with E-state index in [9.17, 15) is 0 Å². The highest BCUT2D eigenvalue weighted by atomic mass is 16.5. The largest absolute Gasteiger partial charge is 0.338 e. The molecule has 0 radical (unpaired) electrons. The van der Waals surface area contributed by atoms with E-state index < -0.39 is 0 Å². The van der Waals surface area contributed by atoms with E-state index in [1.807, 2.05) is 0 Å². The Morgan fingerprint density at radius 2 is 1.74 bits per heavy atom. The van der Waals surface area contributed by atoms with Crippen molar-refractivity contribution in [2.24, 2.45) is 23.5 Å². The average Bonchev–Trinajstić information content (AvgIpc) is 2.87. The number of nitrogens with two attached hydrogens (primary N) is 1. The fourth-order valence-electron chi connectivity index (χ4n) is 2.88. The monoisotopic (exact) mass is 265 g/mol. The summed E-state index contributed by atoms with van der Waals surface area (Å²) in [5, 5.41) is 4.15. The average molecular weight is 265 g/mol. The highest BCUT2D eigenvalue weighted by molar-refractivity contribution is 5.00. The number of hydrogen-bond acceptors (Lipinski definition) is 4. The predicted octanol–water partition coefficient (Wildman–Crippen LogP) is 3.66. The van der Waals surface area contributed by atoms with Gasteiger partial charge < -0.3 is 10.3 Å². The van der Waals surface area contributed by atoms with Crippen LogP contribution in [0.4, 0.5) is 0 Å². The number of nitrogens with zero attached hydrogens (tertiary/aromatic N) is 2. The number of hydrogen-bond donors (Lipinski definition) is 1. The zero-order valence-corrected chi connectivity index (χ0v) is 12.6. The zero-order valence-electron chi connectivity index (χ0n) is 12.6. The molecule has 108 valence electrons. The van der Waals surface area contributed by atoms with Crippen LogP contribution in [0.5, 0.6) is 0 Å². The first-order valence-electron chi connectivity index (χ1n) is 7.58. The summed E-state index contributed by atoms with van der Waals surface area (Å²) in [6.07, 6.45) is 4.92. The smallest absolute Gasteiger partial charge is 0.243 e. The highest BCUT2D eigenvalue weighted by Gasteiger charge is 2.28. The molecule has 1 fully saturated rings. The van der Waals surface area contributed by atoms with Gasteiger partial charge in [-0.1, -0.05) is 32.9 Å². The van der Waals surface area contributed by atoms with Gasteiger partial charge in [-0.2, -0.15) is 4.98 Å². The molecule has 0 amide bonds. The predicted molar refractivity (Wildman–Crippen MR) is 75.6 cm³/mol. The van der Waals surface area contributed by atoms with Gasteiger partial charge in [0, 0.05) is 5.92 Å². The fourth-order valence-corrected chi connectivity index (χ4v) is 2.88. The van der Waals surface area contributed by atoms with Crippen LogP contribution in [0, 0.1) is 17.8 Å². The van der Waals surface area contributed by atoms with Crippen LogP contribution in [-0.4, -0.2) is 10.1 Å². The van der Waals surface area contributed by atoms with Crippen LogP contribution < -0.4 is 5.73 Å². The van der Waals surface area contributed by atoms with E-state index in [1.54, 1.807) is 0 Å². The Balaban J connectivity index is 1.97. The van der Waals surface area contributed by atoms with Gasteiger partial charge in [0.2, 0.25) is 5.89 Å². The third-order valence-electron chi connectivity index (χ3n) is 4.54. The van der Waals surface area contributed by atoms with Gasteiger partial charge in [-0.05, 0) is 43.4 Å². The van der Waals surface area contributed by atoms with Gasteiger partial charge in [0.1, 0.15) is 0 Å². The molecule has 4 heteroatoms. The first-order valence-corrected chi connectivity index (χ1v) is 7.58. The van der Waals surface area contributed by atoms with Crippen molar-refractivity contribution in [3.8, 4) is 0 Å². The second kappa shape index (κ2) is 6.04. The first kappa shape index (κ1) is 14.5. The van der Waals surface area contributed by atoms with Crippen LogP contribution in [0.15, 0.2) is 4.52 Å². The van der Waals surface area contributed by atoms with Crippen LogP contribution in [-0.2, 0) is 0 Å². The van der Waals surface area contributed by atoms with Gasteiger partial charge in [-0.25, -0.2) is 0 Å². The second-order valence-electron chi connectivity index (χ2n) is 6.62. The van der Waals surface area contributed by atoms with Crippen molar-refractivity contribution in [1.29, 1.82) is 0 Å². The van der Waals surface area contributed by atoms with Gasteiger partial charge in [-0.3, -0.25) is 0 Å². The lowest BCUT2D eigenvalue weighted by atomic mass is 9.77. The zero-order chi connectivity index (χ0) is 14.0. The first-order chi connectivity index (χ1) is 8.99. The molecule has 1 saturated carbocycles.